The summed E-state index contributed by atoms with van der Waals surface area (Å²) in [4.78, 5) is 12.5. The molecule has 1 rings (SSSR count). The third kappa shape index (κ3) is 2.25. The van der Waals surface area contributed by atoms with E-state index in [0.29, 0.717) is 19.6 Å². The van der Waals surface area contributed by atoms with Crippen LogP contribution in [0.25, 0.3) is 0 Å². The molecule has 70 valence electrons. The van der Waals surface area contributed by atoms with Gasteiger partial charge in [-0.25, -0.2) is 0 Å². The van der Waals surface area contributed by atoms with Crippen LogP contribution in [0.3, 0.4) is 0 Å². The fourth-order valence-corrected chi connectivity index (χ4v) is 1.30. The van der Waals surface area contributed by atoms with Gasteiger partial charge in [0.05, 0.1) is 12.7 Å². The number of nitrogens with one attached hydrogen (secondary N) is 1. The molecule has 4 N–H and O–H groups in total. The Hall–Kier alpha value is -0.490. The highest BCUT2D eigenvalue weighted by molar-refractivity contribution is 5.77. The molecule has 2 atom stereocenters. The summed E-state index contributed by atoms with van der Waals surface area (Å²) in [5.41, 5.74) is 5.63. The van der Waals surface area contributed by atoms with Crippen molar-refractivity contribution in [3.63, 3.8) is 0 Å². The summed E-state index contributed by atoms with van der Waals surface area (Å²) < 4.78 is 0. The van der Waals surface area contributed by atoms with E-state index in [0.717, 1.165) is 0 Å². The number of carbonyl (C=O) groups is 1. The van der Waals surface area contributed by atoms with Crippen molar-refractivity contribution in [3.8, 4) is 0 Å². The van der Waals surface area contributed by atoms with Crippen molar-refractivity contribution < 1.29 is 9.90 Å². The zero-order chi connectivity index (χ0) is 9.14. The first-order valence-electron chi connectivity index (χ1n) is 4.02. The maximum atomic E-state index is 10.8. The van der Waals surface area contributed by atoms with E-state index in [-0.39, 0.29) is 5.78 Å². The van der Waals surface area contributed by atoms with Crippen LogP contribution in [0.5, 0.6) is 0 Å². The van der Waals surface area contributed by atoms with Crippen LogP contribution in [0, 0.1) is 0 Å². The van der Waals surface area contributed by atoms with Crippen LogP contribution in [0.15, 0.2) is 0 Å². The third-order valence-electron chi connectivity index (χ3n) is 1.92. The average Bonchev–Trinajstić information content (AvgIpc) is 1.98. The Morgan fingerprint density at radius 2 is 2.50 bits per heavy atom. The normalized spacial score (nSPS) is 31.9. The van der Waals surface area contributed by atoms with Gasteiger partial charge >= 0.3 is 0 Å². The lowest BCUT2D eigenvalue weighted by Gasteiger charge is -2.36. The number of aliphatic hydroxyl groups excluding tert-OH is 1. The standard InChI is InChI=1S/C7H15N3O2/c1-5(11)4-10-3-2-9-7(12)6(10)8/h6-7,9,12H,2-4,8H2,1H3. The maximum Gasteiger partial charge on any atom is 0.143 e. The molecular weight excluding hydrogens is 158 g/mol. The van der Waals surface area contributed by atoms with Gasteiger partial charge in [-0.2, -0.15) is 0 Å². The van der Waals surface area contributed by atoms with Crippen LogP contribution >= 0.6 is 0 Å². The lowest BCUT2D eigenvalue weighted by atomic mass is 10.2. The Morgan fingerprint density at radius 1 is 1.83 bits per heavy atom. The molecule has 0 aromatic rings. The SMILES string of the molecule is CC(=O)CN1CCNC(O)C1N. The maximum absolute atomic E-state index is 10.8. The van der Waals surface area contributed by atoms with Gasteiger partial charge in [0.2, 0.25) is 0 Å². The van der Waals surface area contributed by atoms with E-state index in [1.807, 2.05) is 0 Å². The van der Waals surface area contributed by atoms with E-state index in [9.17, 15) is 9.90 Å². The van der Waals surface area contributed by atoms with Gasteiger partial charge in [0, 0.05) is 13.1 Å². The van der Waals surface area contributed by atoms with E-state index >= 15 is 0 Å². The molecule has 0 bridgehead atoms. The monoisotopic (exact) mass is 173 g/mol. The summed E-state index contributed by atoms with van der Waals surface area (Å²) in [7, 11) is 0. The van der Waals surface area contributed by atoms with Crippen molar-refractivity contribution in [1.29, 1.82) is 0 Å². The van der Waals surface area contributed by atoms with Crippen molar-refractivity contribution in [2.75, 3.05) is 19.6 Å². The van der Waals surface area contributed by atoms with E-state index in [4.69, 9.17) is 5.73 Å². The van der Waals surface area contributed by atoms with Crippen LogP contribution in [0.1, 0.15) is 6.92 Å². The highest BCUT2D eigenvalue weighted by Crippen LogP contribution is 2.01. The average molecular weight is 173 g/mol. The number of rotatable bonds is 2. The zero-order valence-electron chi connectivity index (χ0n) is 7.16. The molecule has 5 nitrogen and oxygen atoms in total. The highest BCUT2D eigenvalue weighted by atomic mass is 16.3. The lowest BCUT2D eigenvalue weighted by molar-refractivity contribution is -0.120. The van der Waals surface area contributed by atoms with E-state index < -0.39 is 12.4 Å². The van der Waals surface area contributed by atoms with Crippen molar-refractivity contribution in [2.24, 2.45) is 5.73 Å². The Morgan fingerprint density at radius 3 is 3.08 bits per heavy atom. The lowest BCUT2D eigenvalue weighted by Crippen LogP contribution is -2.62. The van der Waals surface area contributed by atoms with Gasteiger partial charge in [-0.1, -0.05) is 0 Å². The highest BCUT2D eigenvalue weighted by Gasteiger charge is 2.26. The van der Waals surface area contributed by atoms with Gasteiger partial charge in [0.15, 0.2) is 0 Å². The fourth-order valence-electron chi connectivity index (χ4n) is 1.30. The minimum absolute atomic E-state index is 0.0690. The van der Waals surface area contributed by atoms with Gasteiger partial charge in [-0.15, -0.1) is 0 Å². The van der Waals surface area contributed by atoms with Crippen molar-refractivity contribution in [2.45, 2.75) is 19.3 Å². The van der Waals surface area contributed by atoms with Crippen molar-refractivity contribution >= 4 is 5.78 Å². The Kier molecular flexibility index (Phi) is 3.16. The van der Waals surface area contributed by atoms with Gasteiger partial charge in [-0.3, -0.25) is 15.0 Å². The first-order valence-corrected chi connectivity index (χ1v) is 4.02. The number of carbonyl (C=O) groups excluding carboxylic acids is 1. The number of piperazine rings is 1. The summed E-state index contributed by atoms with van der Waals surface area (Å²) in [6, 6.07) is 0. The smallest absolute Gasteiger partial charge is 0.143 e. The van der Waals surface area contributed by atoms with Crippen LogP contribution in [-0.4, -0.2) is 47.8 Å². The molecule has 1 fully saturated rings. The predicted octanol–water partition coefficient (Wildman–Crippen LogP) is -1.92. The fraction of sp³-hybridized carbons (Fsp3) is 0.857. The van der Waals surface area contributed by atoms with E-state index in [1.54, 1.807) is 4.90 Å². The van der Waals surface area contributed by atoms with Gasteiger partial charge in [0.25, 0.3) is 0 Å². The summed E-state index contributed by atoms with van der Waals surface area (Å²) >= 11 is 0. The van der Waals surface area contributed by atoms with Crippen LogP contribution < -0.4 is 11.1 Å². The number of hydrogen-bond donors (Lipinski definition) is 3. The van der Waals surface area contributed by atoms with Crippen LogP contribution in [0.4, 0.5) is 0 Å². The van der Waals surface area contributed by atoms with Crippen molar-refractivity contribution in [3.05, 3.63) is 0 Å². The van der Waals surface area contributed by atoms with E-state index in [1.165, 1.54) is 6.92 Å². The number of Topliss-reactive ketones (excluding diaryl/α,β-unsaturated/α-hetero) is 1. The molecule has 1 saturated heterocycles. The summed E-state index contributed by atoms with van der Waals surface area (Å²) in [5, 5.41) is 12.1. The molecule has 1 aliphatic heterocycles. The summed E-state index contributed by atoms with van der Waals surface area (Å²) in [6.45, 7) is 3.21. The quantitative estimate of drug-likeness (QED) is 0.454. The molecule has 12 heavy (non-hydrogen) atoms. The second kappa shape index (κ2) is 3.95. The van der Waals surface area contributed by atoms with Crippen LogP contribution in [0.2, 0.25) is 0 Å². The molecule has 0 aromatic heterocycles. The molecular formula is C7H15N3O2. The predicted molar refractivity (Wildman–Crippen MR) is 44.2 cm³/mol. The summed E-state index contributed by atoms with van der Waals surface area (Å²) in [5.74, 6) is 0.0690. The molecule has 1 aliphatic rings. The van der Waals surface area contributed by atoms with Gasteiger partial charge < -0.3 is 10.8 Å². The van der Waals surface area contributed by atoms with Gasteiger partial charge in [-0.05, 0) is 6.92 Å². The molecule has 0 aliphatic carbocycles. The largest absolute Gasteiger partial charge is 0.376 e. The molecule has 1 heterocycles. The Bertz CT molecular complexity index is 174. The minimum atomic E-state index is -0.724. The topological polar surface area (TPSA) is 78.6 Å². The number of nitrogens with zero attached hydrogens (tertiary/aromatic N) is 1. The van der Waals surface area contributed by atoms with E-state index in [2.05, 4.69) is 5.32 Å². The number of ketones is 1. The molecule has 0 spiro atoms. The Balaban J connectivity index is 2.46. The molecule has 5 heteroatoms. The van der Waals surface area contributed by atoms with Gasteiger partial charge in [0.1, 0.15) is 12.0 Å². The minimum Gasteiger partial charge on any atom is -0.376 e. The third-order valence-corrected chi connectivity index (χ3v) is 1.92. The summed E-state index contributed by atoms with van der Waals surface area (Å²) in [6.07, 6.45) is -1.19. The molecule has 0 saturated carbocycles. The first kappa shape index (κ1) is 9.60. The molecule has 0 radical (unpaired) electrons. The second-order valence-electron chi connectivity index (χ2n) is 3.06. The molecule has 0 amide bonds. The van der Waals surface area contributed by atoms with Crippen LogP contribution in [-0.2, 0) is 4.79 Å². The molecule has 2 unspecified atom stereocenters. The molecule has 0 aromatic carbocycles. The second-order valence-corrected chi connectivity index (χ2v) is 3.06. The first-order chi connectivity index (χ1) is 5.61. The number of hydrogen-bond acceptors (Lipinski definition) is 5. The Labute approximate surface area is 71.5 Å². The number of nitrogens with two attached hydrogens (primary N) is 1. The number of aliphatic hydroxyl groups is 1. The van der Waals surface area contributed by atoms with Crippen molar-refractivity contribution in [1.82, 2.24) is 10.2 Å². The zero-order valence-corrected chi connectivity index (χ0v) is 7.16.